The van der Waals surface area contributed by atoms with Gasteiger partial charge in [0.1, 0.15) is 5.75 Å². The molecular formula is C18H18N2OS. The summed E-state index contributed by atoms with van der Waals surface area (Å²) in [6, 6.07) is 16.5. The molecule has 0 amide bonds. The average molecular weight is 310 g/mol. The fourth-order valence-corrected chi connectivity index (χ4v) is 3.69. The number of ether oxygens (including phenoxy) is 1. The Kier molecular flexibility index (Phi) is 3.79. The van der Waals surface area contributed by atoms with E-state index < -0.39 is 0 Å². The van der Waals surface area contributed by atoms with E-state index in [-0.39, 0.29) is 0 Å². The van der Waals surface area contributed by atoms with E-state index >= 15 is 0 Å². The molecule has 0 saturated carbocycles. The number of thiazole rings is 1. The van der Waals surface area contributed by atoms with E-state index in [9.17, 15) is 0 Å². The van der Waals surface area contributed by atoms with Crippen LogP contribution in [0.25, 0.3) is 10.2 Å². The Morgan fingerprint density at radius 1 is 1.00 bits per heavy atom. The fourth-order valence-electron chi connectivity index (χ4n) is 2.86. The highest BCUT2D eigenvalue weighted by atomic mass is 32.1. The van der Waals surface area contributed by atoms with Crippen LogP contribution < -0.4 is 4.74 Å². The maximum atomic E-state index is 5.88. The molecule has 4 heteroatoms. The molecule has 0 bridgehead atoms. The molecule has 0 aliphatic carbocycles. The van der Waals surface area contributed by atoms with Crippen LogP contribution in [0.1, 0.15) is 18.4 Å². The molecule has 1 aliphatic heterocycles. The van der Waals surface area contributed by atoms with Crippen molar-refractivity contribution in [2.24, 2.45) is 0 Å². The van der Waals surface area contributed by atoms with E-state index in [0.717, 1.165) is 22.5 Å². The predicted octanol–water partition coefficient (Wildman–Crippen LogP) is 4.68. The molecule has 0 unspecified atom stereocenters. The number of fused-ring (bicyclic) bond motifs is 1. The number of hydrogen-bond acceptors (Lipinski definition) is 4. The summed E-state index contributed by atoms with van der Waals surface area (Å²) in [6.07, 6.45) is 2.66. The normalized spacial score (nSPS) is 15.5. The highest BCUT2D eigenvalue weighted by molar-refractivity contribution is 7.20. The van der Waals surface area contributed by atoms with Crippen molar-refractivity contribution < 1.29 is 4.74 Å². The molecule has 22 heavy (non-hydrogen) atoms. The third kappa shape index (κ3) is 2.98. The summed E-state index contributed by atoms with van der Waals surface area (Å²) in [5, 5.41) is 0.702. The number of para-hydroxylation sites is 1. The lowest BCUT2D eigenvalue weighted by molar-refractivity contribution is 0.331. The highest BCUT2D eigenvalue weighted by Crippen LogP contribution is 2.31. The molecule has 4 rings (SSSR count). The van der Waals surface area contributed by atoms with Crippen LogP contribution in [0.2, 0.25) is 0 Å². The van der Waals surface area contributed by atoms with E-state index in [1.165, 1.54) is 31.5 Å². The van der Waals surface area contributed by atoms with Crippen molar-refractivity contribution in [3.05, 3.63) is 54.1 Å². The van der Waals surface area contributed by atoms with Gasteiger partial charge in [0.05, 0.1) is 10.2 Å². The maximum Gasteiger partial charge on any atom is 0.279 e. The number of hydrogen-bond donors (Lipinski definition) is 0. The maximum absolute atomic E-state index is 5.88. The van der Waals surface area contributed by atoms with Gasteiger partial charge in [0, 0.05) is 6.54 Å². The van der Waals surface area contributed by atoms with Crippen molar-refractivity contribution in [1.29, 1.82) is 0 Å². The van der Waals surface area contributed by atoms with Crippen LogP contribution in [0.3, 0.4) is 0 Å². The first-order chi connectivity index (χ1) is 10.9. The Balaban J connectivity index is 1.46. The summed E-state index contributed by atoms with van der Waals surface area (Å²) in [4.78, 5) is 7.01. The minimum Gasteiger partial charge on any atom is -0.431 e. The number of rotatable bonds is 4. The molecular weight excluding hydrogens is 292 g/mol. The van der Waals surface area contributed by atoms with E-state index in [2.05, 4.69) is 28.1 Å². The van der Waals surface area contributed by atoms with E-state index in [1.807, 2.05) is 30.3 Å². The van der Waals surface area contributed by atoms with Crippen molar-refractivity contribution >= 4 is 21.6 Å². The minimum absolute atomic E-state index is 0.702. The number of aromatic nitrogens is 1. The van der Waals surface area contributed by atoms with Gasteiger partial charge in [0.2, 0.25) is 0 Å². The molecule has 0 N–H and O–H groups in total. The van der Waals surface area contributed by atoms with E-state index in [4.69, 9.17) is 4.74 Å². The molecule has 3 aromatic rings. The SMILES string of the molecule is c1ccc2sc(Oc3ccc(CN4CCCC4)cc3)nc2c1. The van der Waals surface area contributed by atoms with Crippen molar-refractivity contribution in [3.63, 3.8) is 0 Å². The van der Waals surface area contributed by atoms with Gasteiger partial charge in [-0.15, -0.1) is 0 Å². The largest absolute Gasteiger partial charge is 0.431 e. The van der Waals surface area contributed by atoms with Crippen LogP contribution in [0.15, 0.2) is 48.5 Å². The first kappa shape index (κ1) is 13.7. The van der Waals surface area contributed by atoms with Crippen molar-refractivity contribution in [2.75, 3.05) is 13.1 Å². The molecule has 0 spiro atoms. The Labute approximate surface area is 134 Å². The first-order valence-corrected chi connectivity index (χ1v) is 8.53. The Morgan fingerprint density at radius 2 is 1.77 bits per heavy atom. The molecule has 0 atom stereocenters. The molecule has 1 aliphatic rings. The monoisotopic (exact) mass is 310 g/mol. The molecule has 1 fully saturated rings. The average Bonchev–Trinajstić information content (AvgIpc) is 3.18. The Hall–Kier alpha value is -1.91. The second kappa shape index (κ2) is 6.07. The first-order valence-electron chi connectivity index (χ1n) is 7.71. The fraction of sp³-hybridized carbons (Fsp3) is 0.278. The Morgan fingerprint density at radius 3 is 2.55 bits per heavy atom. The summed E-state index contributed by atoms with van der Waals surface area (Å²) in [5.41, 5.74) is 2.34. The number of benzene rings is 2. The predicted molar refractivity (Wildman–Crippen MR) is 90.6 cm³/mol. The minimum atomic E-state index is 0.702. The van der Waals surface area contributed by atoms with Gasteiger partial charge < -0.3 is 4.74 Å². The van der Waals surface area contributed by atoms with Gasteiger partial charge in [-0.3, -0.25) is 4.90 Å². The van der Waals surface area contributed by atoms with Gasteiger partial charge in [-0.05, 0) is 55.8 Å². The smallest absolute Gasteiger partial charge is 0.279 e. The molecule has 2 heterocycles. The molecule has 0 radical (unpaired) electrons. The highest BCUT2D eigenvalue weighted by Gasteiger charge is 2.11. The van der Waals surface area contributed by atoms with E-state index in [1.54, 1.807) is 11.3 Å². The zero-order chi connectivity index (χ0) is 14.8. The number of likely N-dealkylation sites (tertiary alicyclic amines) is 1. The van der Waals surface area contributed by atoms with Gasteiger partial charge in [0.15, 0.2) is 0 Å². The lowest BCUT2D eigenvalue weighted by Crippen LogP contribution is -2.18. The van der Waals surface area contributed by atoms with Crippen LogP contribution >= 0.6 is 11.3 Å². The molecule has 1 aromatic heterocycles. The van der Waals surface area contributed by atoms with Gasteiger partial charge in [-0.1, -0.05) is 35.6 Å². The summed E-state index contributed by atoms with van der Waals surface area (Å²) in [5.74, 6) is 0.851. The van der Waals surface area contributed by atoms with Crippen molar-refractivity contribution in [1.82, 2.24) is 9.88 Å². The van der Waals surface area contributed by atoms with Crippen LogP contribution in [0.4, 0.5) is 0 Å². The number of nitrogens with zero attached hydrogens (tertiary/aromatic N) is 2. The van der Waals surface area contributed by atoms with Crippen LogP contribution in [-0.2, 0) is 6.54 Å². The standard InChI is InChI=1S/C18H18N2OS/c1-2-6-17-16(5-1)19-18(22-17)21-15-9-7-14(8-10-15)13-20-11-3-4-12-20/h1-2,5-10H,3-4,11-13H2. The summed E-state index contributed by atoms with van der Waals surface area (Å²) in [6.45, 7) is 3.50. The molecule has 1 saturated heterocycles. The molecule has 3 nitrogen and oxygen atoms in total. The molecule has 112 valence electrons. The third-order valence-corrected chi connectivity index (χ3v) is 4.92. The second-order valence-electron chi connectivity index (χ2n) is 5.68. The lowest BCUT2D eigenvalue weighted by Gasteiger charge is -2.14. The van der Waals surface area contributed by atoms with Gasteiger partial charge in [-0.25, -0.2) is 4.98 Å². The Bertz CT molecular complexity index is 727. The van der Waals surface area contributed by atoms with Crippen LogP contribution in [0.5, 0.6) is 10.9 Å². The molecule has 2 aromatic carbocycles. The zero-order valence-electron chi connectivity index (χ0n) is 12.4. The second-order valence-corrected chi connectivity index (χ2v) is 6.67. The van der Waals surface area contributed by atoms with Gasteiger partial charge in [-0.2, -0.15) is 0 Å². The van der Waals surface area contributed by atoms with Crippen LogP contribution in [0, 0.1) is 0 Å². The summed E-state index contributed by atoms with van der Waals surface area (Å²) >= 11 is 1.58. The third-order valence-electron chi connectivity index (χ3n) is 4.01. The van der Waals surface area contributed by atoms with Gasteiger partial charge >= 0.3 is 0 Å². The van der Waals surface area contributed by atoms with E-state index in [0.29, 0.717) is 5.19 Å². The van der Waals surface area contributed by atoms with Crippen molar-refractivity contribution in [2.45, 2.75) is 19.4 Å². The van der Waals surface area contributed by atoms with Gasteiger partial charge in [0.25, 0.3) is 5.19 Å². The van der Waals surface area contributed by atoms with Crippen LogP contribution in [-0.4, -0.2) is 23.0 Å². The summed E-state index contributed by atoms with van der Waals surface area (Å²) in [7, 11) is 0. The quantitative estimate of drug-likeness (QED) is 0.699. The summed E-state index contributed by atoms with van der Waals surface area (Å²) < 4.78 is 7.04. The zero-order valence-corrected chi connectivity index (χ0v) is 13.2. The topological polar surface area (TPSA) is 25.4 Å². The lowest BCUT2D eigenvalue weighted by atomic mass is 10.2. The van der Waals surface area contributed by atoms with Crippen molar-refractivity contribution in [3.8, 4) is 10.9 Å².